The number of rotatable bonds is 6. The number of nitrogens with zero attached hydrogens (tertiary/aromatic N) is 1. The standard InChI is InChI=1S/C20H23N3O3/c1-12-6-8-13(9-7-12)17-16(19(25)22-3)15-11-14(5-4-10-24)18(21-2)23-20(15)26-17/h6-9,11,24H,4-5,10H2,1-3H3,(H,21,23)(H,22,25). The third-order valence-corrected chi connectivity index (χ3v) is 4.37. The van der Waals surface area contributed by atoms with Gasteiger partial charge in [0, 0.05) is 26.3 Å². The number of benzene rings is 1. The summed E-state index contributed by atoms with van der Waals surface area (Å²) in [6, 6.07) is 9.76. The van der Waals surface area contributed by atoms with Crippen LogP contribution in [0.3, 0.4) is 0 Å². The first-order valence-corrected chi connectivity index (χ1v) is 8.63. The van der Waals surface area contributed by atoms with Crippen molar-refractivity contribution in [2.45, 2.75) is 19.8 Å². The average Bonchev–Trinajstić information content (AvgIpc) is 3.03. The summed E-state index contributed by atoms with van der Waals surface area (Å²) in [5.74, 6) is 0.985. The maximum atomic E-state index is 12.6. The summed E-state index contributed by atoms with van der Waals surface area (Å²) in [4.78, 5) is 17.1. The van der Waals surface area contributed by atoms with Crippen molar-refractivity contribution in [3.63, 3.8) is 0 Å². The summed E-state index contributed by atoms with van der Waals surface area (Å²) in [6.45, 7) is 2.11. The molecule has 1 aromatic carbocycles. The first-order chi connectivity index (χ1) is 12.6. The highest BCUT2D eigenvalue weighted by Gasteiger charge is 2.23. The Bertz CT molecular complexity index is 930. The van der Waals surface area contributed by atoms with Gasteiger partial charge in [-0.2, -0.15) is 4.98 Å². The fourth-order valence-electron chi connectivity index (χ4n) is 3.00. The van der Waals surface area contributed by atoms with Crippen molar-refractivity contribution in [2.24, 2.45) is 0 Å². The van der Waals surface area contributed by atoms with Crippen LogP contribution in [-0.4, -0.2) is 36.7 Å². The zero-order valence-electron chi connectivity index (χ0n) is 15.2. The fraction of sp³-hybridized carbons (Fsp3) is 0.300. The second-order valence-corrected chi connectivity index (χ2v) is 6.18. The monoisotopic (exact) mass is 353 g/mol. The molecular formula is C20H23N3O3. The number of hydrogen-bond acceptors (Lipinski definition) is 5. The molecule has 0 saturated heterocycles. The van der Waals surface area contributed by atoms with Gasteiger partial charge in [-0.3, -0.25) is 4.79 Å². The van der Waals surface area contributed by atoms with E-state index in [1.807, 2.05) is 37.3 Å². The Morgan fingerprint density at radius 3 is 2.58 bits per heavy atom. The number of carbonyl (C=O) groups excluding carboxylic acids is 1. The normalized spacial score (nSPS) is 10.9. The van der Waals surface area contributed by atoms with E-state index in [2.05, 4.69) is 15.6 Å². The van der Waals surface area contributed by atoms with E-state index in [0.29, 0.717) is 41.1 Å². The molecule has 6 nitrogen and oxygen atoms in total. The summed E-state index contributed by atoms with van der Waals surface area (Å²) in [5.41, 5.74) is 3.79. The molecule has 3 rings (SSSR count). The van der Waals surface area contributed by atoms with Gasteiger partial charge < -0.3 is 20.2 Å². The van der Waals surface area contributed by atoms with E-state index in [9.17, 15) is 4.79 Å². The highest BCUT2D eigenvalue weighted by molar-refractivity contribution is 6.10. The summed E-state index contributed by atoms with van der Waals surface area (Å²) >= 11 is 0. The largest absolute Gasteiger partial charge is 0.437 e. The van der Waals surface area contributed by atoms with Crippen molar-refractivity contribution in [1.29, 1.82) is 0 Å². The highest BCUT2D eigenvalue weighted by atomic mass is 16.3. The molecule has 2 heterocycles. The second-order valence-electron chi connectivity index (χ2n) is 6.18. The van der Waals surface area contributed by atoms with Gasteiger partial charge in [-0.1, -0.05) is 29.8 Å². The van der Waals surface area contributed by atoms with E-state index in [1.54, 1.807) is 14.1 Å². The lowest BCUT2D eigenvalue weighted by atomic mass is 10.0. The molecule has 1 amide bonds. The van der Waals surface area contributed by atoms with Gasteiger partial charge in [0.2, 0.25) is 5.71 Å². The van der Waals surface area contributed by atoms with E-state index in [1.165, 1.54) is 0 Å². The van der Waals surface area contributed by atoms with Crippen molar-refractivity contribution in [2.75, 3.05) is 26.0 Å². The molecule has 0 saturated carbocycles. The molecule has 26 heavy (non-hydrogen) atoms. The van der Waals surface area contributed by atoms with Crippen LogP contribution in [0.1, 0.15) is 27.9 Å². The molecular weight excluding hydrogens is 330 g/mol. The number of aryl methyl sites for hydroxylation is 2. The van der Waals surface area contributed by atoms with Crippen LogP contribution in [0.2, 0.25) is 0 Å². The molecule has 0 aliphatic rings. The number of fused-ring (bicyclic) bond motifs is 1. The molecule has 0 unspecified atom stereocenters. The third-order valence-electron chi connectivity index (χ3n) is 4.37. The van der Waals surface area contributed by atoms with Crippen molar-refractivity contribution in [1.82, 2.24) is 10.3 Å². The van der Waals surface area contributed by atoms with Crippen LogP contribution in [0.4, 0.5) is 5.82 Å². The van der Waals surface area contributed by atoms with Gasteiger partial charge in [-0.05, 0) is 31.4 Å². The van der Waals surface area contributed by atoms with Crippen molar-refractivity contribution in [3.05, 3.63) is 47.0 Å². The topological polar surface area (TPSA) is 87.4 Å². The van der Waals surface area contributed by atoms with E-state index in [0.717, 1.165) is 16.7 Å². The lowest BCUT2D eigenvalue weighted by molar-refractivity contribution is 0.0964. The van der Waals surface area contributed by atoms with Gasteiger partial charge in [-0.25, -0.2) is 0 Å². The highest BCUT2D eigenvalue weighted by Crippen LogP contribution is 2.35. The van der Waals surface area contributed by atoms with Crippen LogP contribution in [-0.2, 0) is 6.42 Å². The number of pyridine rings is 1. The molecule has 0 radical (unpaired) electrons. The van der Waals surface area contributed by atoms with Gasteiger partial charge >= 0.3 is 0 Å². The predicted molar refractivity (Wildman–Crippen MR) is 103 cm³/mol. The van der Waals surface area contributed by atoms with Gasteiger partial charge in [-0.15, -0.1) is 0 Å². The summed E-state index contributed by atoms with van der Waals surface area (Å²) < 4.78 is 5.99. The van der Waals surface area contributed by atoms with Gasteiger partial charge in [0.15, 0.2) is 0 Å². The van der Waals surface area contributed by atoms with Crippen molar-refractivity contribution < 1.29 is 14.3 Å². The first kappa shape index (κ1) is 17.9. The van der Waals surface area contributed by atoms with Gasteiger partial charge in [0.1, 0.15) is 11.6 Å². The zero-order valence-corrected chi connectivity index (χ0v) is 15.2. The number of aromatic nitrogens is 1. The van der Waals surface area contributed by atoms with E-state index < -0.39 is 0 Å². The van der Waals surface area contributed by atoms with Crippen LogP contribution in [0.15, 0.2) is 34.7 Å². The number of aliphatic hydroxyl groups is 1. The number of anilines is 1. The minimum atomic E-state index is -0.216. The van der Waals surface area contributed by atoms with Gasteiger partial charge in [0.25, 0.3) is 5.91 Å². The van der Waals surface area contributed by atoms with Crippen molar-refractivity contribution >= 4 is 22.8 Å². The molecule has 0 atom stereocenters. The Morgan fingerprint density at radius 2 is 1.96 bits per heavy atom. The maximum absolute atomic E-state index is 12.6. The van der Waals surface area contributed by atoms with Gasteiger partial charge in [0.05, 0.1) is 10.9 Å². The van der Waals surface area contributed by atoms with E-state index >= 15 is 0 Å². The average molecular weight is 353 g/mol. The number of amides is 1. The lowest BCUT2D eigenvalue weighted by Crippen LogP contribution is -2.18. The van der Waals surface area contributed by atoms with Crippen LogP contribution < -0.4 is 10.6 Å². The molecule has 0 fully saturated rings. The maximum Gasteiger partial charge on any atom is 0.255 e. The molecule has 136 valence electrons. The summed E-state index contributed by atoms with van der Waals surface area (Å²) in [6.07, 6.45) is 1.29. The minimum Gasteiger partial charge on any atom is -0.437 e. The molecule has 0 aliphatic heterocycles. The molecule has 3 N–H and O–H groups in total. The Labute approximate surface area is 152 Å². The molecule has 2 aromatic heterocycles. The van der Waals surface area contributed by atoms with Crippen LogP contribution in [0.25, 0.3) is 22.4 Å². The van der Waals surface area contributed by atoms with E-state index in [4.69, 9.17) is 9.52 Å². The number of furan rings is 1. The summed E-state index contributed by atoms with van der Waals surface area (Å²) in [5, 5.41) is 15.6. The van der Waals surface area contributed by atoms with Crippen molar-refractivity contribution in [3.8, 4) is 11.3 Å². The molecule has 3 aromatic rings. The Kier molecular flexibility index (Phi) is 5.23. The number of nitrogens with one attached hydrogen (secondary N) is 2. The first-order valence-electron chi connectivity index (χ1n) is 8.63. The zero-order chi connectivity index (χ0) is 18.7. The van der Waals surface area contributed by atoms with E-state index in [-0.39, 0.29) is 12.5 Å². The van der Waals surface area contributed by atoms with Crippen LogP contribution >= 0.6 is 0 Å². The number of aliphatic hydroxyl groups excluding tert-OH is 1. The number of carbonyl (C=O) groups is 1. The molecule has 0 bridgehead atoms. The lowest BCUT2D eigenvalue weighted by Gasteiger charge is -2.07. The minimum absolute atomic E-state index is 0.101. The molecule has 0 spiro atoms. The summed E-state index contributed by atoms with van der Waals surface area (Å²) in [7, 11) is 3.39. The molecule has 0 aliphatic carbocycles. The fourth-order valence-corrected chi connectivity index (χ4v) is 3.00. The quantitative estimate of drug-likeness (QED) is 0.634. The Morgan fingerprint density at radius 1 is 1.23 bits per heavy atom. The number of hydrogen-bond donors (Lipinski definition) is 3. The Hall–Kier alpha value is -2.86. The third kappa shape index (κ3) is 3.28. The smallest absolute Gasteiger partial charge is 0.255 e. The van der Waals surface area contributed by atoms with Crippen LogP contribution in [0, 0.1) is 6.92 Å². The molecule has 6 heteroatoms. The second kappa shape index (κ2) is 7.58. The Balaban J connectivity index is 2.24. The SMILES string of the molecule is CNC(=O)c1c(-c2ccc(C)cc2)oc2nc(NC)c(CCCO)cc12. The predicted octanol–water partition coefficient (Wildman–Crippen LogP) is 3.13. The van der Waals surface area contributed by atoms with Crippen LogP contribution in [0.5, 0.6) is 0 Å².